The molecule has 12 nitrogen and oxygen atoms in total. The van der Waals surface area contributed by atoms with E-state index in [9.17, 15) is 40.8 Å². The Hall–Kier alpha value is -5.12. The van der Waals surface area contributed by atoms with E-state index in [0.717, 1.165) is 54.0 Å². The number of fused-ring (bicyclic) bond motifs is 2. The molecule has 1 saturated heterocycles. The highest BCUT2D eigenvalue weighted by Crippen LogP contribution is 2.34. The average Bonchev–Trinajstić information content (AvgIpc) is 3.88. The number of amides is 5. The molecule has 6 rings (SSSR count). The first-order valence-corrected chi connectivity index (χ1v) is 18.6. The number of carbonyl (C=O) groups is 4. The van der Waals surface area contributed by atoms with E-state index in [4.69, 9.17) is 4.74 Å². The fourth-order valence-electron chi connectivity index (χ4n) is 6.84. The lowest BCUT2D eigenvalue weighted by Gasteiger charge is -2.18. The number of likely N-dealkylation sites (tertiary alicyclic amines) is 1. The van der Waals surface area contributed by atoms with Crippen molar-refractivity contribution in [3.8, 4) is 5.75 Å². The Kier molecular flexibility index (Phi) is 10.7. The Morgan fingerprint density at radius 1 is 0.885 bits per heavy atom. The van der Waals surface area contributed by atoms with Crippen LogP contribution in [0, 0.1) is 5.92 Å². The molecule has 2 aliphatic rings. The first-order chi connectivity index (χ1) is 24.8. The number of hydrogen-bond donors (Lipinski definition) is 3. The maximum Gasteiger partial charge on any atom is 0.516 e. The molecule has 1 saturated carbocycles. The van der Waals surface area contributed by atoms with E-state index in [1.54, 1.807) is 28.4 Å². The van der Waals surface area contributed by atoms with E-state index in [1.807, 2.05) is 47.0 Å². The second-order valence-electron chi connectivity index (χ2n) is 13.0. The molecule has 1 aliphatic heterocycles. The van der Waals surface area contributed by atoms with Crippen LogP contribution in [0.25, 0.3) is 21.7 Å². The van der Waals surface area contributed by atoms with Crippen LogP contribution in [0.2, 0.25) is 0 Å². The van der Waals surface area contributed by atoms with Gasteiger partial charge in [-0.15, -0.1) is 0 Å². The van der Waals surface area contributed by atoms with Crippen LogP contribution in [-0.4, -0.2) is 60.2 Å². The van der Waals surface area contributed by atoms with Gasteiger partial charge in [0.2, 0.25) is 11.8 Å². The van der Waals surface area contributed by atoms with Crippen LogP contribution in [0.3, 0.4) is 0 Å². The van der Waals surface area contributed by atoms with Crippen LogP contribution in [0.1, 0.15) is 67.4 Å². The first-order valence-electron chi connectivity index (χ1n) is 17.1. The molecule has 4 aromatic rings. The van der Waals surface area contributed by atoms with Crippen molar-refractivity contribution < 1.29 is 45.5 Å². The van der Waals surface area contributed by atoms with Gasteiger partial charge in [-0.3, -0.25) is 19.7 Å². The largest absolute Gasteiger partial charge is 0.516 e. The quantitative estimate of drug-likeness (QED) is 0.166. The van der Waals surface area contributed by atoms with E-state index in [-0.39, 0.29) is 43.7 Å². The molecule has 0 atom stereocenters. The molecule has 52 heavy (non-hydrogen) atoms. The molecule has 0 spiro atoms. The normalized spacial score (nSPS) is 15.2. The van der Waals surface area contributed by atoms with Crippen molar-refractivity contribution in [3.63, 3.8) is 0 Å². The summed E-state index contributed by atoms with van der Waals surface area (Å²) in [6.45, 7) is 1.21. The minimum Gasteiger partial charge on any atom is -0.487 e. The van der Waals surface area contributed by atoms with Crippen LogP contribution in [-0.2, 0) is 32.8 Å². The van der Waals surface area contributed by atoms with E-state index in [0.29, 0.717) is 46.7 Å². The SMILES string of the molecule is O=C(CCCn1c(COc2ccc3ccccc3c2)c(C(=O)N2CCCC2)c2cc(NC(=O)C3CCCC3)ccc21)NC(=O)NS(=O)(=O)C(F)(F)F. The summed E-state index contributed by atoms with van der Waals surface area (Å²) in [7, 11) is -6.00. The number of benzene rings is 3. The summed E-state index contributed by atoms with van der Waals surface area (Å²) in [5.41, 5.74) is -3.70. The summed E-state index contributed by atoms with van der Waals surface area (Å²) in [6.07, 6.45) is 4.99. The highest BCUT2D eigenvalue weighted by Gasteiger charge is 2.47. The van der Waals surface area contributed by atoms with Crippen molar-refractivity contribution >= 4 is 61.1 Å². The topological polar surface area (TPSA) is 156 Å². The van der Waals surface area contributed by atoms with Crippen LogP contribution in [0.15, 0.2) is 60.7 Å². The summed E-state index contributed by atoms with van der Waals surface area (Å²) < 4.78 is 69.4. The molecular formula is C36H38F3N5O7S. The molecule has 2 heterocycles. The van der Waals surface area contributed by atoms with Crippen molar-refractivity contribution in [1.82, 2.24) is 19.5 Å². The third-order valence-corrected chi connectivity index (χ3v) is 10.5. The third kappa shape index (κ3) is 8.16. The van der Waals surface area contributed by atoms with E-state index in [1.165, 1.54) is 0 Å². The number of urea groups is 1. The average molecular weight is 742 g/mol. The zero-order chi connectivity index (χ0) is 37.0. The third-order valence-electron chi connectivity index (χ3n) is 9.44. The summed E-state index contributed by atoms with van der Waals surface area (Å²) in [4.78, 5) is 53.4. The molecule has 276 valence electrons. The molecular weight excluding hydrogens is 703 g/mol. The molecule has 0 radical (unpaired) electrons. The molecule has 1 aliphatic carbocycles. The molecule has 0 unspecified atom stereocenters. The lowest BCUT2D eigenvalue weighted by molar-refractivity contribution is -0.120. The van der Waals surface area contributed by atoms with Gasteiger partial charge in [-0.05, 0) is 73.2 Å². The van der Waals surface area contributed by atoms with Gasteiger partial charge >= 0.3 is 21.6 Å². The van der Waals surface area contributed by atoms with Gasteiger partial charge in [0, 0.05) is 48.6 Å². The number of carbonyl (C=O) groups excluding carboxylic acids is 4. The summed E-state index contributed by atoms with van der Waals surface area (Å²) >= 11 is 0. The number of ether oxygens (including phenoxy) is 1. The van der Waals surface area contributed by atoms with E-state index >= 15 is 0 Å². The number of alkyl halides is 3. The number of nitrogens with one attached hydrogen (secondary N) is 3. The van der Waals surface area contributed by atoms with Gasteiger partial charge in [-0.1, -0.05) is 43.2 Å². The Morgan fingerprint density at radius 2 is 1.60 bits per heavy atom. The van der Waals surface area contributed by atoms with Crippen LogP contribution < -0.4 is 20.1 Å². The lowest BCUT2D eigenvalue weighted by atomic mass is 10.1. The molecule has 5 amide bonds. The van der Waals surface area contributed by atoms with Gasteiger partial charge in [-0.2, -0.15) is 21.6 Å². The minimum atomic E-state index is -6.00. The predicted molar refractivity (Wildman–Crippen MR) is 187 cm³/mol. The lowest BCUT2D eigenvalue weighted by Crippen LogP contribution is -2.47. The zero-order valence-electron chi connectivity index (χ0n) is 28.1. The van der Waals surface area contributed by atoms with Crippen molar-refractivity contribution in [3.05, 3.63) is 71.9 Å². The number of hydrogen-bond acceptors (Lipinski definition) is 7. The summed E-state index contributed by atoms with van der Waals surface area (Å²) in [5.74, 6) is -0.831. The van der Waals surface area contributed by atoms with Crippen LogP contribution in [0.5, 0.6) is 5.75 Å². The van der Waals surface area contributed by atoms with E-state index < -0.39 is 27.5 Å². The van der Waals surface area contributed by atoms with Crippen molar-refractivity contribution in [2.75, 3.05) is 18.4 Å². The number of anilines is 1. The van der Waals surface area contributed by atoms with Crippen molar-refractivity contribution in [2.24, 2.45) is 5.92 Å². The number of sulfonamides is 1. The number of rotatable bonds is 11. The molecule has 1 aromatic heterocycles. The van der Waals surface area contributed by atoms with Gasteiger partial charge in [-0.25, -0.2) is 9.52 Å². The Labute approximate surface area is 297 Å². The zero-order valence-corrected chi connectivity index (χ0v) is 28.9. The van der Waals surface area contributed by atoms with Crippen molar-refractivity contribution in [2.45, 2.75) is 70.0 Å². The molecule has 3 aromatic carbocycles. The highest BCUT2D eigenvalue weighted by atomic mass is 32.2. The maximum atomic E-state index is 14.2. The standard InChI is InChI=1S/C36H38F3N5O7S/c37-36(38,39)52(49,50)42-35(48)41-31(45)12-7-19-44-29-16-14-26(40-33(46)24-9-2-3-10-24)21-28(29)32(34(47)43-17-5-6-18-43)30(44)22-51-27-15-13-23-8-1-4-11-25(23)20-27/h1,4,8,11,13-16,20-21,24H,2-3,5-7,9-10,12,17-19,22H2,(H,40,46)(H2,41,42,45,48). The molecule has 3 N–H and O–H groups in total. The molecule has 16 heteroatoms. The first kappa shape index (κ1) is 36.7. The number of aryl methyl sites for hydroxylation is 1. The highest BCUT2D eigenvalue weighted by molar-refractivity contribution is 7.90. The van der Waals surface area contributed by atoms with Crippen LogP contribution >= 0.6 is 0 Å². The Morgan fingerprint density at radius 3 is 2.31 bits per heavy atom. The predicted octanol–water partition coefficient (Wildman–Crippen LogP) is 6.19. The maximum absolute atomic E-state index is 14.2. The fourth-order valence-corrected chi connectivity index (χ4v) is 7.25. The Bertz CT molecular complexity index is 2120. The number of aromatic nitrogens is 1. The van der Waals surface area contributed by atoms with Crippen LogP contribution in [0.4, 0.5) is 23.7 Å². The smallest absolute Gasteiger partial charge is 0.487 e. The second kappa shape index (κ2) is 15.2. The number of imide groups is 1. The minimum absolute atomic E-state index is 0.0460. The molecule has 2 fully saturated rings. The van der Waals surface area contributed by atoms with E-state index in [2.05, 4.69) is 5.32 Å². The fraction of sp³-hybridized carbons (Fsp3) is 0.389. The monoisotopic (exact) mass is 741 g/mol. The number of nitrogens with zero attached hydrogens (tertiary/aromatic N) is 2. The van der Waals surface area contributed by atoms with Gasteiger partial charge in [0.1, 0.15) is 12.4 Å². The number of halogens is 3. The van der Waals surface area contributed by atoms with Gasteiger partial charge < -0.3 is 19.5 Å². The molecule has 0 bridgehead atoms. The summed E-state index contributed by atoms with van der Waals surface area (Å²) in [5, 5.41) is 7.16. The van der Waals surface area contributed by atoms with Gasteiger partial charge in [0.05, 0.1) is 11.3 Å². The Balaban J connectivity index is 1.31. The van der Waals surface area contributed by atoms with Gasteiger partial charge in [0.15, 0.2) is 0 Å². The van der Waals surface area contributed by atoms with Gasteiger partial charge in [0.25, 0.3) is 5.91 Å². The summed E-state index contributed by atoms with van der Waals surface area (Å²) in [6, 6.07) is 16.8. The second-order valence-corrected chi connectivity index (χ2v) is 14.7. The van der Waals surface area contributed by atoms with Crippen molar-refractivity contribution in [1.29, 1.82) is 0 Å².